The molecule has 0 radical (unpaired) electrons. The van der Waals surface area contributed by atoms with Gasteiger partial charge in [-0.2, -0.15) is 0 Å². The molecule has 0 aliphatic rings. The molecule has 0 saturated heterocycles. The number of aryl methyl sites for hydroxylation is 4. The fraction of sp³-hybridized carbons (Fsp3) is 0.286. The maximum Gasteiger partial charge on any atom is 0.0299 e. The molecule has 0 spiro atoms. The number of aromatic nitrogens is 4. The zero-order chi connectivity index (χ0) is 22.1. The minimum Gasteiger partial charge on any atom is -0.264 e. The fourth-order valence-electron chi connectivity index (χ4n) is 3.50. The summed E-state index contributed by atoms with van der Waals surface area (Å²) < 4.78 is 0. The molecule has 0 fully saturated rings. The monoisotopic (exact) mass is 424 g/mol. The Hall–Kier alpha value is -3.40. The Kier molecular flexibility index (Phi) is 10.6. The summed E-state index contributed by atoms with van der Waals surface area (Å²) in [6.45, 7) is 0. The lowest BCUT2D eigenvalue weighted by Crippen LogP contribution is -1.90. The van der Waals surface area contributed by atoms with E-state index in [1.807, 2.05) is 73.8 Å². The van der Waals surface area contributed by atoms with Crippen LogP contribution in [0.15, 0.2) is 98.1 Å². The Bertz CT molecular complexity index is 795. The van der Waals surface area contributed by atoms with Crippen molar-refractivity contribution in [3.63, 3.8) is 0 Å². The molecule has 4 rings (SSSR count). The summed E-state index contributed by atoms with van der Waals surface area (Å²) in [5, 5.41) is 0. The molecule has 0 N–H and O–H groups in total. The topological polar surface area (TPSA) is 51.6 Å². The van der Waals surface area contributed by atoms with Gasteiger partial charge in [0.15, 0.2) is 0 Å². The normalized spacial score (nSPS) is 10.2. The van der Waals surface area contributed by atoms with E-state index in [4.69, 9.17) is 0 Å². The van der Waals surface area contributed by atoms with Crippen molar-refractivity contribution in [2.75, 3.05) is 0 Å². The number of hydrogen-bond acceptors (Lipinski definition) is 4. The SMILES string of the molecule is c1cncc(CCCCc2cccnc2)c1.c1cncc(CCCCc2cccnc2)c1. The van der Waals surface area contributed by atoms with Gasteiger partial charge in [0, 0.05) is 49.6 Å². The average Bonchev–Trinajstić information content (AvgIpc) is 2.88. The van der Waals surface area contributed by atoms with Crippen LogP contribution in [0.3, 0.4) is 0 Å². The van der Waals surface area contributed by atoms with Gasteiger partial charge >= 0.3 is 0 Å². The van der Waals surface area contributed by atoms with Gasteiger partial charge in [0.05, 0.1) is 0 Å². The second kappa shape index (κ2) is 14.6. The van der Waals surface area contributed by atoms with Crippen molar-refractivity contribution >= 4 is 0 Å². The van der Waals surface area contributed by atoms with Crippen LogP contribution >= 0.6 is 0 Å². The number of unbranched alkanes of at least 4 members (excludes halogenated alkanes) is 2. The average molecular weight is 425 g/mol. The number of hydrogen-bond donors (Lipinski definition) is 0. The molecule has 4 aromatic rings. The van der Waals surface area contributed by atoms with E-state index in [0.29, 0.717) is 0 Å². The Balaban J connectivity index is 0.000000181. The molecule has 0 amide bonds. The fourth-order valence-corrected chi connectivity index (χ4v) is 3.50. The molecule has 4 heteroatoms. The van der Waals surface area contributed by atoms with Crippen LogP contribution in [-0.2, 0) is 25.7 Å². The molecule has 32 heavy (non-hydrogen) atoms. The second-order valence-electron chi connectivity index (χ2n) is 7.86. The van der Waals surface area contributed by atoms with E-state index < -0.39 is 0 Å². The Morgan fingerprint density at radius 3 is 0.812 bits per heavy atom. The van der Waals surface area contributed by atoms with Crippen LogP contribution in [0.25, 0.3) is 0 Å². The van der Waals surface area contributed by atoms with Gasteiger partial charge in [0.2, 0.25) is 0 Å². The van der Waals surface area contributed by atoms with E-state index in [0.717, 1.165) is 25.7 Å². The third-order valence-electron chi connectivity index (χ3n) is 5.25. The molecule has 0 aliphatic heterocycles. The van der Waals surface area contributed by atoms with Gasteiger partial charge in [-0.05, 0) is 97.9 Å². The first-order valence-electron chi connectivity index (χ1n) is 11.5. The number of rotatable bonds is 10. The first-order chi connectivity index (χ1) is 15.9. The predicted octanol–water partition coefficient (Wildman–Crippen LogP) is 6.08. The quantitative estimate of drug-likeness (QED) is 0.289. The molecule has 0 aromatic carbocycles. The van der Waals surface area contributed by atoms with Crippen LogP contribution in [0.5, 0.6) is 0 Å². The van der Waals surface area contributed by atoms with E-state index in [9.17, 15) is 0 Å². The summed E-state index contributed by atoms with van der Waals surface area (Å²) in [6, 6.07) is 16.5. The summed E-state index contributed by atoms with van der Waals surface area (Å²) in [6.07, 6.45) is 24.4. The molecular weight excluding hydrogens is 392 g/mol. The first kappa shape index (κ1) is 23.3. The van der Waals surface area contributed by atoms with Crippen molar-refractivity contribution in [2.24, 2.45) is 0 Å². The Morgan fingerprint density at radius 2 is 0.625 bits per heavy atom. The van der Waals surface area contributed by atoms with Crippen molar-refractivity contribution in [3.8, 4) is 0 Å². The van der Waals surface area contributed by atoms with Gasteiger partial charge < -0.3 is 0 Å². The lowest BCUT2D eigenvalue weighted by Gasteiger charge is -2.01. The highest BCUT2D eigenvalue weighted by Gasteiger charge is 1.96. The van der Waals surface area contributed by atoms with Crippen LogP contribution in [0, 0.1) is 0 Å². The molecule has 0 aliphatic carbocycles. The molecule has 0 atom stereocenters. The van der Waals surface area contributed by atoms with E-state index in [2.05, 4.69) is 44.2 Å². The number of nitrogens with zero attached hydrogens (tertiary/aromatic N) is 4. The lowest BCUT2D eigenvalue weighted by atomic mass is 10.1. The maximum atomic E-state index is 4.11. The van der Waals surface area contributed by atoms with Gasteiger partial charge in [-0.3, -0.25) is 19.9 Å². The van der Waals surface area contributed by atoms with Crippen molar-refractivity contribution in [1.82, 2.24) is 19.9 Å². The highest BCUT2D eigenvalue weighted by Crippen LogP contribution is 2.08. The van der Waals surface area contributed by atoms with Gasteiger partial charge in [0.1, 0.15) is 0 Å². The third kappa shape index (κ3) is 9.61. The second-order valence-corrected chi connectivity index (χ2v) is 7.86. The molecule has 4 nitrogen and oxygen atoms in total. The summed E-state index contributed by atoms with van der Waals surface area (Å²) >= 11 is 0. The molecule has 0 bridgehead atoms. The molecular formula is C28H32N4. The standard InChI is InChI=1S/2C14H16N2/c2*1(5-13-7-3-9-15-11-13)2-6-14-8-4-10-16-12-14/h2*3-4,7-12H,1-2,5-6H2. The van der Waals surface area contributed by atoms with Crippen LogP contribution in [0.1, 0.15) is 47.9 Å². The summed E-state index contributed by atoms with van der Waals surface area (Å²) in [4.78, 5) is 16.4. The molecule has 0 saturated carbocycles. The Labute approximate surface area is 191 Å². The zero-order valence-corrected chi connectivity index (χ0v) is 18.7. The van der Waals surface area contributed by atoms with E-state index in [1.54, 1.807) is 0 Å². The van der Waals surface area contributed by atoms with Crippen molar-refractivity contribution < 1.29 is 0 Å². The smallest absolute Gasteiger partial charge is 0.0299 e. The van der Waals surface area contributed by atoms with Crippen LogP contribution in [0.4, 0.5) is 0 Å². The molecule has 4 aromatic heterocycles. The van der Waals surface area contributed by atoms with E-state index in [-0.39, 0.29) is 0 Å². The van der Waals surface area contributed by atoms with Crippen molar-refractivity contribution in [2.45, 2.75) is 51.4 Å². The van der Waals surface area contributed by atoms with Crippen molar-refractivity contribution in [3.05, 3.63) is 120 Å². The van der Waals surface area contributed by atoms with Gasteiger partial charge in [0.25, 0.3) is 0 Å². The van der Waals surface area contributed by atoms with Crippen LogP contribution in [0.2, 0.25) is 0 Å². The van der Waals surface area contributed by atoms with Crippen LogP contribution < -0.4 is 0 Å². The van der Waals surface area contributed by atoms with Gasteiger partial charge in [-0.1, -0.05) is 24.3 Å². The highest BCUT2D eigenvalue weighted by molar-refractivity contribution is 5.11. The minimum atomic E-state index is 1.12. The molecule has 4 heterocycles. The van der Waals surface area contributed by atoms with Gasteiger partial charge in [-0.15, -0.1) is 0 Å². The van der Waals surface area contributed by atoms with Gasteiger partial charge in [-0.25, -0.2) is 0 Å². The Morgan fingerprint density at radius 1 is 0.375 bits per heavy atom. The van der Waals surface area contributed by atoms with Crippen molar-refractivity contribution in [1.29, 1.82) is 0 Å². The minimum absolute atomic E-state index is 1.12. The largest absolute Gasteiger partial charge is 0.264 e. The maximum absolute atomic E-state index is 4.11. The summed E-state index contributed by atoms with van der Waals surface area (Å²) in [7, 11) is 0. The predicted molar refractivity (Wildman–Crippen MR) is 130 cm³/mol. The highest BCUT2D eigenvalue weighted by atomic mass is 14.6. The van der Waals surface area contributed by atoms with E-state index in [1.165, 1.54) is 47.9 Å². The molecule has 164 valence electrons. The lowest BCUT2D eigenvalue weighted by molar-refractivity contribution is 0.731. The summed E-state index contributed by atoms with van der Waals surface area (Å²) in [5.74, 6) is 0. The number of pyridine rings is 4. The zero-order valence-electron chi connectivity index (χ0n) is 18.7. The first-order valence-corrected chi connectivity index (χ1v) is 11.5. The third-order valence-corrected chi connectivity index (χ3v) is 5.25. The van der Waals surface area contributed by atoms with E-state index >= 15 is 0 Å². The summed E-state index contributed by atoms with van der Waals surface area (Å²) in [5.41, 5.74) is 5.31. The molecule has 0 unspecified atom stereocenters. The van der Waals surface area contributed by atoms with Crippen LogP contribution in [-0.4, -0.2) is 19.9 Å².